The normalized spacial score (nSPS) is 16.6. The second-order valence-corrected chi connectivity index (χ2v) is 5.60. The van der Waals surface area contributed by atoms with Crippen LogP contribution in [-0.2, 0) is 4.79 Å². The summed E-state index contributed by atoms with van der Waals surface area (Å²) in [6.07, 6.45) is 8.59. The van der Waals surface area contributed by atoms with Crippen molar-refractivity contribution in [2.75, 3.05) is 26.7 Å². The summed E-state index contributed by atoms with van der Waals surface area (Å²) in [5, 5.41) is 0. The van der Waals surface area contributed by atoms with Crippen LogP contribution in [0, 0.1) is 5.41 Å². The number of unbranched alkanes of at least 4 members (excludes halogenated alkanes) is 3. The Morgan fingerprint density at radius 3 is 2.22 bits per heavy atom. The van der Waals surface area contributed by atoms with E-state index in [9.17, 15) is 4.79 Å². The lowest BCUT2D eigenvalue weighted by molar-refractivity contribution is -0.136. The molecule has 4 nitrogen and oxygen atoms in total. The van der Waals surface area contributed by atoms with Crippen LogP contribution in [0.2, 0.25) is 0 Å². The first-order chi connectivity index (χ1) is 8.66. The Labute approximate surface area is 111 Å². The van der Waals surface area contributed by atoms with Crippen molar-refractivity contribution in [3.63, 3.8) is 0 Å². The second-order valence-electron chi connectivity index (χ2n) is 5.60. The zero-order chi connectivity index (χ0) is 13.4. The molecule has 4 heteroatoms. The van der Waals surface area contributed by atoms with Crippen LogP contribution in [0.3, 0.4) is 0 Å². The summed E-state index contributed by atoms with van der Waals surface area (Å²) >= 11 is 0. The first kappa shape index (κ1) is 15.4. The standard InChI is InChI=1S/C14H29N3O/c1-17(12-5-3-2-4-10-15)13(18)14(8-9-14)7-6-11-16/h2-12,15-16H2,1H3. The van der Waals surface area contributed by atoms with E-state index in [2.05, 4.69) is 0 Å². The molecule has 4 N–H and O–H groups in total. The Hall–Kier alpha value is -0.610. The highest BCUT2D eigenvalue weighted by Gasteiger charge is 2.49. The van der Waals surface area contributed by atoms with Crippen molar-refractivity contribution >= 4 is 5.91 Å². The van der Waals surface area contributed by atoms with Gasteiger partial charge in [-0.05, 0) is 51.6 Å². The van der Waals surface area contributed by atoms with Crippen LogP contribution in [0.1, 0.15) is 51.4 Å². The molecule has 0 unspecified atom stereocenters. The Kier molecular flexibility index (Phi) is 6.65. The Bertz CT molecular complexity index is 251. The lowest BCUT2D eigenvalue weighted by atomic mass is 9.98. The first-order valence-corrected chi connectivity index (χ1v) is 7.32. The van der Waals surface area contributed by atoms with Crippen LogP contribution in [0.15, 0.2) is 0 Å². The largest absolute Gasteiger partial charge is 0.345 e. The average Bonchev–Trinajstić information content (AvgIpc) is 3.16. The number of nitrogens with zero attached hydrogens (tertiary/aromatic N) is 1. The Morgan fingerprint density at radius 2 is 1.67 bits per heavy atom. The van der Waals surface area contributed by atoms with E-state index in [0.29, 0.717) is 12.5 Å². The van der Waals surface area contributed by atoms with Crippen molar-refractivity contribution in [1.29, 1.82) is 0 Å². The molecule has 1 amide bonds. The molecule has 0 radical (unpaired) electrons. The summed E-state index contributed by atoms with van der Waals surface area (Å²) in [6, 6.07) is 0. The highest BCUT2D eigenvalue weighted by Crippen LogP contribution is 2.50. The van der Waals surface area contributed by atoms with Gasteiger partial charge in [0, 0.05) is 19.0 Å². The molecule has 18 heavy (non-hydrogen) atoms. The number of hydrogen-bond acceptors (Lipinski definition) is 3. The van der Waals surface area contributed by atoms with E-state index >= 15 is 0 Å². The van der Waals surface area contributed by atoms with Crippen LogP contribution in [0.25, 0.3) is 0 Å². The van der Waals surface area contributed by atoms with E-state index < -0.39 is 0 Å². The van der Waals surface area contributed by atoms with Gasteiger partial charge in [-0.25, -0.2) is 0 Å². The number of rotatable bonds is 10. The smallest absolute Gasteiger partial charge is 0.228 e. The quantitative estimate of drug-likeness (QED) is 0.581. The molecule has 0 aliphatic heterocycles. The van der Waals surface area contributed by atoms with Crippen molar-refractivity contribution in [2.45, 2.75) is 51.4 Å². The molecule has 1 fully saturated rings. The molecule has 0 heterocycles. The predicted molar refractivity (Wildman–Crippen MR) is 75.1 cm³/mol. The fourth-order valence-corrected chi connectivity index (χ4v) is 2.52. The molecule has 1 rings (SSSR count). The van der Waals surface area contributed by atoms with Crippen molar-refractivity contribution in [3.8, 4) is 0 Å². The predicted octanol–water partition coefficient (Wildman–Crippen LogP) is 1.48. The molecule has 106 valence electrons. The van der Waals surface area contributed by atoms with E-state index in [1.807, 2.05) is 11.9 Å². The molecular weight excluding hydrogens is 226 g/mol. The first-order valence-electron chi connectivity index (χ1n) is 7.32. The van der Waals surface area contributed by atoms with Crippen LogP contribution in [0.4, 0.5) is 0 Å². The summed E-state index contributed by atoms with van der Waals surface area (Å²) in [5.74, 6) is 0.342. The molecule has 0 atom stereocenters. The summed E-state index contributed by atoms with van der Waals surface area (Å²) in [5.41, 5.74) is 11.0. The van der Waals surface area contributed by atoms with Crippen molar-refractivity contribution in [1.82, 2.24) is 4.90 Å². The maximum atomic E-state index is 12.3. The van der Waals surface area contributed by atoms with Gasteiger partial charge in [-0.1, -0.05) is 12.8 Å². The minimum absolute atomic E-state index is 0.0363. The van der Waals surface area contributed by atoms with E-state index in [1.54, 1.807) is 0 Å². The van der Waals surface area contributed by atoms with Gasteiger partial charge in [0.1, 0.15) is 0 Å². The van der Waals surface area contributed by atoms with Gasteiger partial charge in [0.2, 0.25) is 5.91 Å². The Balaban J connectivity index is 2.20. The third-order valence-corrected chi connectivity index (χ3v) is 3.96. The van der Waals surface area contributed by atoms with Crippen LogP contribution < -0.4 is 11.5 Å². The summed E-state index contributed by atoms with van der Waals surface area (Å²) in [4.78, 5) is 14.2. The number of hydrogen-bond donors (Lipinski definition) is 2. The van der Waals surface area contributed by atoms with Gasteiger partial charge in [0.05, 0.1) is 0 Å². The molecular formula is C14H29N3O. The molecule has 0 bridgehead atoms. The number of carbonyl (C=O) groups excluding carboxylic acids is 1. The zero-order valence-corrected chi connectivity index (χ0v) is 11.8. The maximum absolute atomic E-state index is 12.3. The molecule has 0 aromatic carbocycles. The molecule has 0 aromatic rings. The van der Waals surface area contributed by atoms with Gasteiger partial charge in [-0.3, -0.25) is 4.79 Å². The van der Waals surface area contributed by atoms with E-state index in [4.69, 9.17) is 11.5 Å². The van der Waals surface area contributed by atoms with Crippen molar-refractivity contribution in [3.05, 3.63) is 0 Å². The average molecular weight is 255 g/mol. The summed E-state index contributed by atoms with van der Waals surface area (Å²) in [6.45, 7) is 2.35. The molecule has 0 aromatic heterocycles. The lowest BCUT2D eigenvalue weighted by Crippen LogP contribution is -2.35. The minimum Gasteiger partial charge on any atom is -0.345 e. The van der Waals surface area contributed by atoms with Crippen LogP contribution >= 0.6 is 0 Å². The third-order valence-electron chi connectivity index (χ3n) is 3.96. The fourth-order valence-electron chi connectivity index (χ4n) is 2.52. The van der Waals surface area contributed by atoms with Gasteiger partial charge in [0.25, 0.3) is 0 Å². The summed E-state index contributed by atoms with van der Waals surface area (Å²) in [7, 11) is 1.94. The number of amides is 1. The van der Waals surface area contributed by atoms with Gasteiger partial charge in [-0.15, -0.1) is 0 Å². The highest BCUT2D eigenvalue weighted by molar-refractivity contribution is 5.85. The molecule has 1 aliphatic carbocycles. The molecule has 0 saturated heterocycles. The molecule has 1 aliphatic rings. The topological polar surface area (TPSA) is 72.3 Å². The van der Waals surface area contributed by atoms with Crippen LogP contribution in [-0.4, -0.2) is 37.5 Å². The minimum atomic E-state index is -0.0363. The maximum Gasteiger partial charge on any atom is 0.228 e. The van der Waals surface area contributed by atoms with Gasteiger partial charge >= 0.3 is 0 Å². The van der Waals surface area contributed by atoms with Gasteiger partial charge in [-0.2, -0.15) is 0 Å². The van der Waals surface area contributed by atoms with E-state index in [0.717, 1.165) is 51.6 Å². The van der Waals surface area contributed by atoms with Gasteiger partial charge < -0.3 is 16.4 Å². The third kappa shape index (κ3) is 4.58. The monoisotopic (exact) mass is 255 g/mol. The SMILES string of the molecule is CN(CCCCCCN)C(=O)C1(CCCN)CC1. The van der Waals surface area contributed by atoms with Crippen molar-refractivity contribution in [2.24, 2.45) is 16.9 Å². The van der Waals surface area contributed by atoms with Crippen molar-refractivity contribution < 1.29 is 4.79 Å². The Morgan fingerprint density at radius 1 is 1.06 bits per heavy atom. The number of carbonyl (C=O) groups is 1. The fraction of sp³-hybridized carbons (Fsp3) is 0.929. The van der Waals surface area contributed by atoms with Crippen LogP contribution in [0.5, 0.6) is 0 Å². The zero-order valence-electron chi connectivity index (χ0n) is 11.8. The van der Waals surface area contributed by atoms with E-state index in [-0.39, 0.29) is 5.41 Å². The molecule has 1 saturated carbocycles. The molecule has 0 spiro atoms. The number of nitrogens with two attached hydrogens (primary N) is 2. The second kappa shape index (κ2) is 7.74. The lowest BCUT2D eigenvalue weighted by Gasteiger charge is -2.23. The van der Waals surface area contributed by atoms with E-state index in [1.165, 1.54) is 12.8 Å². The van der Waals surface area contributed by atoms with Gasteiger partial charge in [0.15, 0.2) is 0 Å². The summed E-state index contributed by atoms with van der Waals surface area (Å²) < 4.78 is 0. The highest BCUT2D eigenvalue weighted by atomic mass is 16.2.